The van der Waals surface area contributed by atoms with Crippen LogP contribution in [0.1, 0.15) is 54.5 Å². The number of nitrogens with zero attached hydrogens (tertiary/aromatic N) is 11. The van der Waals surface area contributed by atoms with Crippen molar-refractivity contribution in [1.29, 1.82) is 0 Å². The first-order valence-corrected chi connectivity index (χ1v) is 40.9. The van der Waals surface area contributed by atoms with Crippen molar-refractivity contribution in [2.75, 3.05) is 164 Å². The second-order valence-electron chi connectivity index (χ2n) is 25.8. The van der Waals surface area contributed by atoms with Crippen LogP contribution in [-0.2, 0) is 54.2 Å². The molecule has 0 aliphatic carbocycles. The molecular formula is C71H89ClF6N15O8P3. The van der Waals surface area contributed by atoms with Crippen LogP contribution in [0.15, 0.2) is 122 Å². The van der Waals surface area contributed by atoms with E-state index in [0.717, 1.165) is 79.7 Å². The van der Waals surface area contributed by atoms with E-state index in [1.165, 1.54) is 38.9 Å². The molecule has 3 aliphatic heterocycles. The highest BCUT2D eigenvalue weighted by molar-refractivity contribution is 7.70. The van der Waals surface area contributed by atoms with E-state index in [0.29, 0.717) is 93.9 Å². The van der Waals surface area contributed by atoms with Crippen molar-refractivity contribution in [3.8, 4) is 17.2 Å². The first-order chi connectivity index (χ1) is 49.3. The van der Waals surface area contributed by atoms with E-state index in [2.05, 4.69) is 85.1 Å². The van der Waals surface area contributed by atoms with Gasteiger partial charge in [-0.2, -0.15) is 41.3 Å². The Hall–Kier alpha value is -8.26. The summed E-state index contributed by atoms with van der Waals surface area (Å²) in [6.45, 7) is 18.2. The van der Waals surface area contributed by atoms with Gasteiger partial charge in [-0.1, -0.05) is 35.9 Å². The molecule has 104 heavy (non-hydrogen) atoms. The number of likely N-dealkylation sites (N-methyl/N-ethyl adjacent to an activating group) is 1. The van der Waals surface area contributed by atoms with E-state index in [1.807, 2.05) is 48.5 Å². The summed E-state index contributed by atoms with van der Waals surface area (Å²) in [5.41, 5.74) is 4.57. The number of alkyl halides is 6. The van der Waals surface area contributed by atoms with E-state index < -0.39 is 45.4 Å². The molecule has 11 rings (SSSR count). The standard InChI is InChI=1S/C32H45ClN7O4P.C23H24F3N4O2P.C16H20F3N4O2P/c1-5-43-45(41,44-6-2)23-24-9-7-8-10-28(24)35-31-27(33)22-34-32(37-31)36-29-12-11-26(21-30(29)42-4)39-15-13-25(14-16-39)40-19-17-38(3)18-20-40;1-32-18-7-4-15-10-11-30(14-16(15)12-18)21-20(23(24,25)26)13-27-22(29-21)28-17-5-8-19(9-6-17)33(2,3)31;1-23(2)14-11(16(17,18)19)9-20-15(22-14)21-12-7-6-10(26(4,5)24)8-13(12)25-3/h7-12,21-22,25H,5-6,13-20,23H2,1-4H3,(H2,34,35,36,37);4-9,12-13H,10-11,14H2,1-3H3,(H,27,28,29);6-9H,1-5H3,(H,20,21,22). The maximum Gasteiger partial charge on any atom is 0.421 e. The molecule has 2 saturated heterocycles. The summed E-state index contributed by atoms with van der Waals surface area (Å²) in [4.78, 5) is 35.3. The van der Waals surface area contributed by atoms with Crippen molar-refractivity contribution in [3.05, 3.63) is 155 Å². The van der Waals surface area contributed by atoms with Gasteiger partial charge in [-0.25, -0.2) is 15.0 Å². The van der Waals surface area contributed by atoms with Crippen LogP contribution < -0.4 is 60.8 Å². The quantitative estimate of drug-likeness (QED) is 0.0344. The Kier molecular flexibility index (Phi) is 26.7. The normalized spacial score (nSPS) is 14.8. The van der Waals surface area contributed by atoms with Gasteiger partial charge in [0.05, 0.1) is 58.3 Å². The predicted octanol–water partition coefficient (Wildman–Crippen LogP) is 15.2. The highest BCUT2D eigenvalue weighted by atomic mass is 35.5. The number of fused-ring (bicyclic) bond motifs is 1. The van der Waals surface area contributed by atoms with Crippen LogP contribution in [0.2, 0.25) is 5.02 Å². The summed E-state index contributed by atoms with van der Waals surface area (Å²) < 4.78 is 145. The average Bonchev–Trinajstić information content (AvgIpc) is 0.781. The largest absolute Gasteiger partial charge is 0.497 e. The van der Waals surface area contributed by atoms with Crippen LogP contribution >= 0.6 is 33.5 Å². The van der Waals surface area contributed by atoms with Crippen molar-refractivity contribution >= 4 is 108 Å². The molecule has 0 spiro atoms. The second kappa shape index (κ2) is 34.8. The lowest BCUT2D eigenvalue weighted by Crippen LogP contribution is -2.52. The molecule has 2 fully saturated rings. The minimum absolute atomic E-state index is 0.0103. The highest BCUT2D eigenvalue weighted by Gasteiger charge is 2.39. The molecule has 0 saturated carbocycles. The Bertz CT molecular complexity index is 4380. The molecule has 8 aromatic rings. The lowest BCUT2D eigenvalue weighted by atomic mass is 9.99. The topological polar surface area (TPSA) is 239 Å². The van der Waals surface area contributed by atoms with Gasteiger partial charge in [-0.05, 0) is 156 Å². The first kappa shape index (κ1) is 79.8. The van der Waals surface area contributed by atoms with Gasteiger partial charge in [0.25, 0.3) is 0 Å². The van der Waals surface area contributed by atoms with Crippen molar-refractivity contribution in [1.82, 2.24) is 39.7 Å². The average molecular weight is 1520 g/mol. The van der Waals surface area contributed by atoms with Crippen LogP contribution in [0.25, 0.3) is 0 Å². The van der Waals surface area contributed by atoms with Crippen LogP contribution in [0.5, 0.6) is 17.2 Å². The van der Waals surface area contributed by atoms with Crippen molar-refractivity contribution < 1.29 is 63.3 Å². The monoisotopic (exact) mass is 1520 g/mol. The Morgan fingerprint density at radius 3 is 1.76 bits per heavy atom. The van der Waals surface area contributed by atoms with Gasteiger partial charge >= 0.3 is 19.9 Å². The smallest absolute Gasteiger partial charge is 0.421 e. The van der Waals surface area contributed by atoms with Gasteiger partial charge in [-0.15, -0.1) is 0 Å². The van der Waals surface area contributed by atoms with Crippen LogP contribution in [0, 0.1) is 0 Å². The molecule has 0 unspecified atom stereocenters. The summed E-state index contributed by atoms with van der Waals surface area (Å²) in [7, 11) is 1.61. The number of ether oxygens (including phenoxy) is 3. The van der Waals surface area contributed by atoms with Gasteiger partial charge < -0.3 is 73.3 Å². The fourth-order valence-corrected chi connectivity index (χ4v) is 15.5. The fraction of sp³-hybridized carbons (Fsp3) is 0.408. The van der Waals surface area contributed by atoms with Gasteiger partial charge in [0, 0.05) is 119 Å². The minimum Gasteiger partial charge on any atom is -0.497 e. The molecule has 6 heterocycles. The number of rotatable bonds is 23. The summed E-state index contributed by atoms with van der Waals surface area (Å²) in [6.07, 6.45) is -3.02. The Morgan fingerprint density at radius 2 is 1.16 bits per heavy atom. The van der Waals surface area contributed by atoms with Crippen molar-refractivity contribution in [2.45, 2.75) is 64.2 Å². The molecule has 0 bridgehead atoms. The number of halogens is 7. The van der Waals surface area contributed by atoms with Crippen LogP contribution in [0.3, 0.4) is 0 Å². The Morgan fingerprint density at radius 1 is 0.587 bits per heavy atom. The summed E-state index contributed by atoms with van der Waals surface area (Å²) in [6, 6.07) is 31.8. The molecule has 3 aromatic heterocycles. The Balaban J connectivity index is 0.000000189. The van der Waals surface area contributed by atoms with Gasteiger partial charge in [-0.3, -0.25) is 9.46 Å². The number of hydrogen-bond donors (Lipinski definition) is 4. The van der Waals surface area contributed by atoms with E-state index in [1.54, 1.807) is 108 Å². The van der Waals surface area contributed by atoms with E-state index in [4.69, 9.17) is 34.9 Å². The third kappa shape index (κ3) is 21.3. The highest BCUT2D eigenvalue weighted by Crippen LogP contribution is 2.53. The second-order valence-corrected chi connectivity index (χ2v) is 34.7. The molecule has 3 aliphatic rings. The predicted molar refractivity (Wildman–Crippen MR) is 402 cm³/mol. The minimum atomic E-state index is -4.59. The molecule has 4 N–H and O–H groups in total. The number of anilines is 11. The van der Waals surface area contributed by atoms with E-state index in [9.17, 15) is 40.0 Å². The summed E-state index contributed by atoms with van der Waals surface area (Å²) in [5, 5.41) is 14.1. The maximum atomic E-state index is 13.8. The number of methoxy groups -OCH3 is 3. The summed E-state index contributed by atoms with van der Waals surface area (Å²) in [5.74, 6) is 2.13. The summed E-state index contributed by atoms with van der Waals surface area (Å²) >= 11 is 6.51. The maximum absolute atomic E-state index is 13.8. The van der Waals surface area contributed by atoms with Crippen molar-refractivity contribution in [2.24, 2.45) is 0 Å². The molecule has 0 radical (unpaired) electrons. The molecule has 23 nitrogen and oxygen atoms in total. The number of piperidine rings is 1. The third-order valence-electron chi connectivity index (χ3n) is 17.4. The molecule has 560 valence electrons. The number of aromatic nitrogens is 6. The zero-order chi connectivity index (χ0) is 75.3. The number of piperazine rings is 1. The molecule has 0 amide bonds. The van der Waals surface area contributed by atoms with Crippen LogP contribution in [-0.4, -0.2) is 174 Å². The molecule has 0 atom stereocenters. The lowest BCUT2D eigenvalue weighted by Gasteiger charge is -2.42. The molecule has 5 aromatic carbocycles. The van der Waals surface area contributed by atoms with E-state index in [-0.39, 0.29) is 36.2 Å². The van der Waals surface area contributed by atoms with Gasteiger partial charge in [0.1, 0.15) is 59.3 Å². The number of hydrogen-bond acceptors (Lipinski definition) is 23. The van der Waals surface area contributed by atoms with Crippen LogP contribution in [0.4, 0.5) is 90.1 Å². The first-order valence-electron chi connectivity index (χ1n) is 33.6. The molecule has 33 heteroatoms. The van der Waals surface area contributed by atoms with Crippen molar-refractivity contribution in [3.63, 3.8) is 0 Å². The SMILES string of the molecule is CCOP(=O)(Cc1ccccc1Nc1nc(Nc2ccc(N3CCC(N4CCN(C)CC4)CC3)cc2OC)ncc1Cl)OCC.COc1cc(P(C)(C)=O)ccc1Nc1ncc(C(F)(F)F)c(N(C)C)n1.COc1ccc2c(c1)CN(c1nc(Nc3ccc(P(C)(C)=O)cc3)ncc1C(F)(F)F)CC2. The fourth-order valence-electron chi connectivity index (χ4n) is 11.9. The zero-order valence-electron chi connectivity index (χ0n) is 60.2. The zero-order valence-corrected chi connectivity index (χ0v) is 63.6. The number of nitrogens with one attached hydrogen (secondary N) is 4. The Labute approximate surface area is 608 Å². The lowest BCUT2D eigenvalue weighted by molar-refractivity contribution is -0.138. The molecular weight excluding hydrogens is 1430 g/mol. The van der Waals surface area contributed by atoms with Gasteiger partial charge in [0.15, 0.2) is 5.82 Å². The third-order valence-corrected chi connectivity index (χ3v) is 22.8. The van der Waals surface area contributed by atoms with Gasteiger partial charge in [0.2, 0.25) is 17.8 Å². The number of para-hydroxylation sites is 1. The van der Waals surface area contributed by atoms with E-state index >= 15 is 0 Å². The number of benzene rings is 5.